The van der Waals surface area contributed by atoms with Crippen molar-refractivity contribution in [2.75, 3.05) is 13.7 Å². The maximum atomic E-state index is 11.2. The van der Waals surface area contributed by atoms with E-state index in [0.717, 1.165) is 6.92 Å². The summed E-state index contributed by atoms with van der Waals surface area (Å²) in [7, 11) is 1.17. The van der Waals surface area contributed by atoms with E-state index in [-0.39, 0.29) is 0 Å². The molecule has 0 aliphatic heterocycles. The van der Waals surface area contributed by atoms with Crippen LogP contribution in [0.15, 0.2) is 0 Å². The van der Waals surface area contributed by atoms with Crippen LogP contribution in [0.25, 0.3) is 0 Å². The molecular weight excluding hydrogens is 232 g/mol. The number of aliphatic hydroxyl groups is 1. The van der Waals surface area contributed by atoms with Gasteiger partial charge in [-0.15, -0.1) is 0 Å². The number of carbonyl (C=O) groups excluding carboxylic acids is 2. The summed E-state index contributed by atoms with van der Waals surface area (Å²) in [5.41, 5.74) is -2.06. The van der Waals surface area contributed by atoms with Crippen molar-refractivity contribution in [3.63, 3.8) is 0 Å². The highest BCUT2D eigenvalue weighted by atomic mass is 16.5. The van der Waals surface area contributed by atoms with Gasteiger partial charge in [0.25, 0.3) is 0 Å². The van der Waals surface area contributed by atoms with Crippen LogP contribution >= 0.6 is 0 Å². The highest BCUT2D eigenvalue weighted by Crippen LogP contribution is 2.00. The maximum Gasteiger partial charge on any atom is 0.337 e. The predicted octanol–water partition coefficient (Wildman–Crippen LogP) is -1.32. The normalized spacial score (nSPS) is 15.3. The molecule has 8 nitrogen and oxygen atoms in total. The summed E-state index contributed by atoms with van der Waals surface area (Å²) in [6, 6.07) is -1.64. The minimum atomic E-state index is -2.06. The van der Waals surface area contributed by atoms with Crippen LogP contribution in [0.5, 0.6) is 0 Å². The number of carboxylic acid groups (broad SMARTS) is 1. The zero-order chi connectivity index (χ0) is 13.6. The van der Waals surface area contributed by atoms with Gasteiger partial charge in [-0.05, 0) is 13.8 Å². The number of hydrogen-bond acceptors (Lipinski definition) is 5. The Kier molecular flexibility index (Phi) is 5.39. The van der Waals surface area contributed by atoms with Crippen LogP contribution < -0.4 is 10.6 Å². The summed E-state index contributed by atoms with van der Waals surface area (Å²) in [5.74, 6) is -2.09. The molecule has 98 valence electrons. The van der Waals surface area contributed by atoms with Gasteiger partial charge < -0.3 is 25.6 Å². The molecule has 0 saturated carbocycles. The molecule has 0 aliphatic rings. The minimum absolute atomic E-state index is 0.484. The van der Waals surface area contributed by atoms with E-state index < -0.39 is 36.2 Å². The fourth-order valence-electron chi connectivity index (χ4n) is 0.811. The Hall–Kier alpha value is -1.83. The molecule has 0 rings (SSSR count). The number of nitrogens with one attached hydrogen (secondary N) is 2. The molecule has 0 bridgehead atoms. The van der Waals surface area contributed by atoms with Crippen molar-refractivity contribution >= 4 is 18.0 Å². The Morgan fingerprint density at radius 2 is 1.94 bits per heavy atom. The SMILES string of the molecule is COC(=O)C(C)NC(=O)NCC(C)(O)C(=O)O. The van der Waals surface area contributed by atoms with Crippen LogP contribution in [0.1, 0.15) is 13.8 Å². The molecule has 0 fully saturated rings. The molecule has 4 N–H and O–H groups in total. The second-order valence-corrected chi connectivity index (χ2v) is 3.65. The summed E-state index contributed by atoms with van der Waals surface area (Å²) in [6.07, 6.45) is 0. The van der Waals surface area contributed by atoms with Crippen LogP contribution in [0.3, 0.4) is 0 Å². The molecule has 2 unspecified atom stereocenters. The van der Waals surface area contributed by atoms with E-state index in [9.17, 15) is 19.5 Å². The number of urea groups is 1. The van der Waals surface area contributed by atoms with Crippen LogP contribution in [-0.4, -0.2) is 53.5 Å². The van der Waals surface area contributed by atoms with Gasteiger partial charge in [0, 0.05) is 0 Å². The van der Waals surface area contributed by atoms with Gasteiger partial charge in [0.15, 0.2) is 5.60 Å². The highest BCUT2D eigenvalue weighted by Gasteiger charge is 2.30. The number of ether oxygens (including phenoxy) is 1. The number of aliphatic carboxylic acids is 1. The molecule has 0 aromatic rings. The third kappa shape index (κ3) is 5.16. The summed E-state index contributed by atoms with van der Waals surface area (Å²) in [4.78, 5) is 32.7. The monoisotopic (exact) mass is 248 g/mol. The molecule has 17 heavy (non-hydrogen) atoms. The van der Waals surface area contributed by atoms with Gasteiger partial charge >= 0.3 is 18.0 Å². The van der Waals surface area contributed by atoms with E-state index in [0.29, 0.717) is 0 Å². The Bertz CT molecular complexity index is 315. The fraction of sp³-hybridized carbons (Fsp3) is 0.667. The van der Waals surface area contributed by atoms with Gasteiger partial charge in [0.2, 0.25) is 0 Å². The van der Waals surface area contributed by atoms with Crippen molar-refractivity contribution in [3.8, 4) is 0 Å². The molecule has 0 radical (unpaired) electrons. The van der Waals surface area contributed by atoms with Crippen molar-refractivity contribution in [3.05, 3.63) is 0 Å². The van der Waals surface area contributed by atoms with E-state index >= 15 is 0 Å². The number of hydrogen-bond donors (Lipinski definition) is 4. The maximum absolute atomic E-state index is 11.2. The number of rotatable bonds is 5. The Balaban J connectivity index is 4.13. The molecular formula is C9H16N2O6. The van der Waals surface area contributed by atoms with Gasteiger partial charge in [-0.25, -0.2) is 14.4 Å². The van der Waals surface area contributed by atoms with Crippen molar-refractivity contribution in [1.82, 2.24) is 10.6 Å². The lowest BCUT2D eigenvalue weighted by molar-refractivity contribution is -0.155. The second kappa shape index (κ2) is 6.04. The molecule has 2 atom stereocenters. The zero-order valence-corrected chi connectivity index (χ0v) is 9.81. The first kappa shape index (κ1) is 15.2. The standard InChI is InChI=1S/C9H16N2O6/c1-5(6(12)17-3)11-8(15)10-4-9(2,16)7(13)14/h5,16H,4H2,1-3H3,(H,13,14)(H2,10,11,15). The average molecular weight is 248 g/mol. The number of esters is 1. The lowest BCUT2D eigenvalue weighted by atomic mass is 10.1. The minimum Gasteiger partial charge on any atom is -0.479 e. The lowest BCUT2D eigenvalue weighted by Gasteiger charge is -2.19. The summed E-state index contributed by atoms with van der Waals surface area (Å²) >= 11 is 0. The topological polar surface area (TPSA) is 125 Å². The smallest absolute Gasteiger partial charge is 0.337 e. The predicted molar refractivity (Wildman–Crippen MR) is 56.3 cm³/mol. The Morgan fingerprint density at radius 3 is 2.35 bits per heavy atom. The quantitative estimate of drug-likeness (QED) is 0.447. The number of methoxy groups -OCH3 is 1. The van der Waals surface area contributed by atoms with Gasteiger partial charge in [0.1, 0.15) is 6.04 Å². The van der Waals surface area contributed by atoms with E-state index in [2.05, 4.69) is 15.4 Å². The van der Waals surface area contributed by atoms with Crippen LogP contribution in [0.4, 0.5) is 4.79 Å². The molecule has 8 heteroatoms. The first-order valence-corrected chi connectivity index (χ1v) is 4.78. The highest BCUT2D eigenvalue weighted by molar-refractivity contribution is 5.84. The molecule has 0 aromatic heterocycles. The van der Waals surface area contributed by atoms with Gasteiger partial charge in [0.05, 0.1) is 13.7 Å². The van der Waals surface area contributed by atoms with Gasteiger partial charge in [-0.2, -0.15) is 0 Å². The largest absolute Gasteiger partial charge is 0.479 e. The third-order valence-electron chi connectivity index (χ3n) is 1.96. The zero-order valence-electron chi connectivity index (χ0n) is 9.81. The number of carboxylic acids is 1. The lowest BCUT2D eigenvalue weighted by Crippen LogP contribution is -2.51. The first-order chi connectivity index (χ1) is 7.70. The molecule has 0 aliphatic carbocycles. The molecule has 0 heterocycles. The van der Waals surface area contributed by atoms with Crippen molar-refractivity contribution in [2.45, 2.75) is 25.5 Å². The van der Waals surface area contributed by atoms with E-state index in [1.54, 1.807) is 0 Å². The second-order valence-electron chi connectivity index (χ2n) is 3.65. The number of carbonyl (C=O) groups is 3. The molecule has 0 spiro atoms. The Labute approximate surface area is 97.9 Å². The summed E-state index contributed by atoms with van der Waals surface area (Å²) in [6.45, 7) is 1.96. The third-order valence-corrected chi connectivity index (χ3v) is 1.96. The number of amides is 2. The van der Waals surface area contributed by atoms with Crippen LogP contribution in [0, 0.1) is 0 Å². The Morgan fingerprint density at radius 1 is 1.41 bits per heavy atom. The van der Waals surface area contributed by atoms with Crippen LogP contribution in [-0.2, 0) is 14.3 Å². The fourth-order valence-corrected chi connectivity index (χ4v) is 0.811. The van der Waals surface area contributed by atoms with E-state index in [1.807, 2.05) is 0 Å². The summed E-state index contributed by atoms with van der Waals surface area (Å²) < 4.78 is 4.37. The van der Waals surface area contributed by atoms with Crippen molar-refractivity contribution in [2.24, 2.45) is 0 Å². The molecule has 2 amide bonds. The van der Waals surface area contributed by atoms with Crippen molar-refractivity contribution < 1.29 is 29.3 Å². The first-order valence-electron chi connectivity index (χ1n) is 4.78. The summed E-state index contributed by atoms with van der Waals surface area (Å²) in [5, 5.41) is 22.2. The van der Waals surface area contributed by atoms with E-state index in [1.165, 1.54) is 14.0 Å². The molecule has 0 aromatic carbocycles. The van der Waals surface area contributed by atoms with E-state index in [4.69, 9.17) is 5.11 Å². The van der Waals surface area contributed by atoms with Crippen molar-refractivity contribution in [1.29, 1.82) is 0 Å². The van der Waals surface area contributed by atoms with Crippen LogP contribution in [0.2, 0.25) is 0 Å². The molecule has 0 saturated heterocycles. The average Bonchev–Trinajstić information content (AvgIpc) is 2.25. The van der Waals surface area contributed by atoms with Gasteiger partial charge in [-0.3, -0.25) is 0 Å². The van der Waals surface area contributed by atoms with Gasteiger partial charge in [-0.1, -0.05) is 0 Å².